The number of aliphatic hydroxyl groups is 2. The van der Waals surface area contributed by atoms with Crippen molar-refractivity contribution in [2.24, 2.45) is 0 Å². The van der Waals surface area contributed by atoms with E-state index in [0.29, 0.717) is 18.8 Å². The molecular formula is C16H21NO3S. The molecule has 21 heavy (non-hydrogen) atoms. The van der Waals surface area contributed by atoms with Crippen LogP contribution < -0.4 is 10.1 Å². The highest BCUT2D eigenvalue weighted by molar-refractivity contribution is 7.07. The molecule has 0 radical (unpaired) electrons. The van der Waals surface area contributed by atoms with Crippen molar-refractivity contribution >= 4 is 11.3 Å². The van der Waals surface area contributed by atoms with Crippen LogP contribution in [-0.4, -0.2) is 30.4 Å². The van der Waals surface area contributed by atoms with Gasteiger partial charge in [0.15, 0.2) is 0 Å². The summed E-state index contributed by atoms with van der Waals surface area (Å²) in [5.74, 6) is 0.674. The average Bonchev–Trinajstić information content (AvgIpc) is 3.01. The highest BCUT2D eigenvalue weighted by atomic mass is 32.1. The van der Waals surface area contributed by atoms with E-state index in [0.717, 1.165) is 16.7 Å². The number of aryl methyl sites for hydroxylation is 1. The molecule has 0 aliphatic carbocycles. The molecule has 2 unspecified atom stereocenters. The Labute approximate surface area is 129 Å². The lowest BCUT2D eigenvalue weighted by Gasteiger charge is -2.17. The molecular weight excluding hydrogens is 286 g/mol. The summed E-state index contributed by atoms with van der Waals surface area (Å²) in [7, 11) is 1.59. The van der Waals surface area contributed by atoms with Gasteiger partial charge in [-0.3, -0.25) is 0 Å². The van der Waals surface area contributed by atoms with Gasteiger partial charge in [0.05, 0.1) is 19.3 Å². The first-order valence-corrected chi connectivity index (χ1v) is 7.79. The van der Waals surface area contributed by atoms with E-state index in [1.54, 1.807) is 18.4 Å². The van der Waals surface area contributed by atoms with E-state index in [4.69, 9.17) is 4.74 Å². The third-order valence-electron chi connectivity index (χ3n) is 3.35. The van der Waals surface area contributed by atoms with E-state index in [1.165, 1.54) is 0 Å². The molecule has 0 spiro atoms. The van der Waals surface area contributed by atoms with Gasteiger partial charge in [0.1, 0.15) is 5.75 Å². The van der Waals surface area contributed by atoms with Crippen LogP contribution >= 0.6 is 11.3 Å². The van der Waals surface area contributed by atoms with Crippen molar-refractivity contribution < 1.29 is 14.9 Å². The van der Waals surface area contributed by atoms with Crippen LogP contribution in [0.1, 0.15) is 28.9 Å². The molecule has 3 N–H and O–H groups in total. The van der Waals surface area contributed by atoms with Gasteiger partial charge in [-0.25, -0.2) is 0 Å². The van der Waals surface area contributed by atoms with Crippen molar-refractivity contribution in [2.45, 2.75) is 19.1 Å². The van der Waals surface area contributed by atoms with Gasteiger partial charge in [0.2, 0.25) is 0 Å². The van der Waals surface area contributed by atoms with E-state index in [-0.39, 0.29) is 0 Å². The van der Waals surface area contributed by atoms with E-state index >= 15 is 0 Å². The van der Waals surface area contributed by atoms with Gasteiger partial charge < -0.3 is 20.3 Å². The summed E-state index contributed by atoms with van der Waals surface area (Å²) in [4.78, 5) is 0. The van der Waals surface area contributed by atoms with E-state index in [1.807, 2.05) is 41.9 Å². The minimum atomic E-state index is -0.672. The fraction of sp³-hybridized carbons (Fsp3) is 0.375. The molecule has 5 heteroatoms. The minimum absolute atomic E-state index is 0.362. The normalized spacial score (nSPS) is 13.9. The van der Waals surface area contributed by atoms with Crippen LogP contribution in [-0.2, 0) is 0 Å². The Kier molecular flexibility index (Phi) is 5.76. The fourth-order valence-corrected chi connectivity index (χ4v) is 2.87. The molecule has 1 aromatic carbocycles. The maximum atomic E-state index is 10.3. The zero-order valence-corrected chi connectivity index (χ0v) is 13.1. The zero-order chi connectivity index (χ0) is 15.2. The summed E-state index contributed by atoms with van der Waals surface area (Å²) in [5.41, 5.74) is 2.73. The second-order valence-corrected chi connectivity index (χ2v) is 5.77. The summed E-state index contributed by atoms with van der Waals surface area (Å²) in [6.45, 7) is 2.74. The van der Waals surface area contributed by atoms with Crippen molar-refractivity contribution in [3.63, 3.8) is 0 Å². The number of benzene rings is 1. The quantitative estimate of drug-likeness (QED) is 0.735. The summed E-state index contributed by atoms with van der Waals surface area (Å²) in [6.07, 6.45) is -1.22. The highest BCUT2D eigenvalue weighted by Crippen LogP contribution is 2.26. The molecule has 0 bridgehead atoms. The van der Waals surface area contributed by atoms with Gasteiger partial charge >= 0.3 is 0 Å². The highest BCUT2D eigenvalue weighted by Gasteiger charge is 2.14. The van der Waals surface area contributed by atoms with Crippen LogP contribution in [0.4, 0.5) is 0 Å². The molecule has 0 saturated carbocycles. The van der Waals surface area contributed by atoms with Gasteiger partial charge in [-0.2, -0.15) is 11.3 Å². The van der Waals surface area contributed by atoms with Gasteiger partial charge in [-0.05, 0) is 41.4 Å². The van der Waals surface area contributed by atoms with E-state index in [2.05, 4.69) is 5.32 Å². The Balaban J connectivity index is 1.90. The van der Waals surface area contributed by atoms with Crippen molar-refractivity contribution in [2.75, 3.05) is 20.2 Å². The Hall–Kier alpha value is -1.40. The summed E-state index contributed by atoms with van der Waals surface area (Å²) in [6, 6.07) is 7.62. The van der Waals surface area contributed by atoms with Crippen LogP contribution in [0.3, 0.4) is 0 Å². The number of hydrogen-bond donors (Lipinski definition) is 3. The van der Waals surface area contributed by atoms with Crippen LogP contribution in [0.5, 0.6) is 5.75 Å². The van der Waals surface area contributed by atoms with Crippen LogP contribution in [0, 0.1) is 6.92 Å². The van der Waals surface area contributed by atoms with Gasteiger partial charge in [0.25, 0.3) is 0 Å². The number of ether oxygens (including phenoxy) is 1. The van der Waals surface area contributed by atoms with Crippen molar-refractivity contribution in [3.05, 3.63) is 51.7 Å². The van der Waals surface area contributed by atoms with Crippen LogP contribution in [0.25, 0.3) is 0 Å². The predicted octanol–water partition coefficient (Wildman–Crippen LogP) is 2.42. The second-order valence-electron chi connectivity index (χ2n) is 4.99. The van der Waals surface area contributed by atoms with Gasteiger partial charge in [0, 0.05) is 18.7 Å². The molecule has 0 fully saturated rings. The topological polar surface area (TPSA) is 61.7 Å². The molecule has 2 rings (SSSR count). The fourth-order valence-electron chi connectivity index (χ4n) is 2.16. The molecule has 114 valence electrons. The molecule has 2 atom stereocenters. The molecule has 0 amide bonds. The summed E-state index contributed by atoms with van der Waals surface area (Å²) in [5, 5.41) is 27.2. The lowest BCUT2D eigenvalue weighted by molar-refractivity contribution is 0.145. The van der Waals surface area contributed by atoms with Gasteiger partial charge in [-0.1, -0.05) is 11.6 Å². The SMILES string of the molecule is COc1ccc(C)cc1C(O)CNCC(O)c1ccsc1. The Morgan fingerprint density at radius 1 is 1.19 bits per heavy atom. The molecule has 0 aliphatic heterocycles. The second kappa shape index (κ2) is 7.56. The first-order chi connectivity index (χ1) is 10.1. The first-order valence-electron chi connectivity index (χ1n) is 6.85. The van der Waals surface area contributed by atoms with Crippen molar-refractivity contribution in [1.29, 1.82) is 0 Å². The Morgan fingerprint density at radius 2 is 1.95 bits per heavy atom. The molecule has 1 aromatic heterocycles. The van der Waals surface area contributed by atoms with Crippen LogP contribution in [0.15, 0.2) is 35.0 Å². The molecule has 1 heterocycles. The minimum Gasteiger partial charge on any atom is -0.496 e. The molecule has 4 nitrogen and oxygen atoms in total. The summed E-state index contributed by atoms with van der Waals surface area (Å²) >= 11 is 1.56. The number of methoxy groups -OCH3 is 1. The van der Waals surface area contributed by atoms with Crippen molar-refractivity contribution in [1.82, 2.24) is 5.32 Å². The van der Waals surface area contributed by atoms with Gasteiger partial charge in [-0.15, -0.1) is 0 Å². The maximum Gasteiger partial charge on any atom is 0.124 e. The van der Waals surface area contributed by atoms with Crippen molar-refractivity contribution in [3.8, 4) is 5.75 Å². The number of aliphatic hydroxyl groups excluding tert-OH is 2. The molecule has 0 saturated heterocycles. The standard InChI is InChI=1S/C16H21NO3S/c1-11-3-4-16(20-2)13(7-11)15(19)9-17-8-14(18)12-5-6-21-10-12/h3-7,10,14-15,17-19H,8-9H2,1-2H3. The lowest BCUT2D eigenvalue weighted by atomic mass is 10.0. The average molecular weight is 307 g/mol. The lowest BCUT2D eigenvalue weighted by Crippen LogP contribution is -2.26. The molecule has 2 aromatic rings. The first kappa shape index (κ1) is 16.0. The largest absolute Gasteiger partial charge is 0.496 e. The van der Waals surface area contributed by atoms with Crippen LogP contribution in [0.2, 0.25) is 0 Å². The number of hydrogen-bond acceptors (Lipinski definition) is 5. The third kappa shape index (κ3) is 4.28. The monoisotopic (exact) mass is 307 g/mol. The van der Waals surface area contributed by atoms with E-state index < -0.39 is 12.2 Å². The number of nitrogens with one attached hydrogen (secondary N) is 1. The molecule has 0 aliphatic rings. The zero-order valence-electron chi connectivity index (χ0n) is 12.2. The number of thiophene rings is 1. The predicted molar refractivity (Wildman–Crippen MR) is 84.8 cm³/mol. The smallest absolute Gasteiger partial charge is 0.124 e. The maximum absolute atomic E-state index is 10.3. The Bertz CT molecular complexity index is 557. The third-order valence-corrected chi connectivity index (χ3v) is 4.05. The Morgan fingerprint density at radius 3 is 2.62 bits per heavy atom. The number of rotatable bonds is 7. The summed E-state index contributed by atoms with van der Waals surface area (Å²) < 4.78 is 5.27. The van der Waals surface area contributed by atoms with E-state index in [9.17, 15) is 10.2 Å².